The van der Waals surface area contributed by atoms with Gasteiger partial charge in [-0.05, 0) is 67.5 Å². The fourth-order valence-corrected chi connectivity index (χ4v) is 4.04. The van der Waals surface area contributed by atoms with Gasteiger partial charge in [0.2, 0.25) is 0 Å². The van der Waals surface area contributed by atoms with E-state index in [0.717, 1.165) is 56.7 Å². The molecule has 1 heterocycles. The normalized spacial score (nSPS) is 19.7. The predicted molar refractivity (Wildman–Crippen MR) is 120 cm³/mol. The lowest BCUT2D eigenvalue weighted by atomic mass is 9.99. The Labute approximate surface area is 180 Å². The smallest absolute Gasteiger partial charge is 0.119 e. The average Bonchev–Trinajstić information content (AvgIpc) is 2.79. The van der Waals surface area contributed by atoms with Gasteiger partial charge in [-0.25, -0.2) is 0 Å². The molecule has 2 unspecified atom stereocenters. The van der Waals surface area contributed by atoms with E-state index in [1.54, 1.807) is 7.11 Å². The molecule has 0 bridgehead atoms. The van der Waals surface area contributed by atoms with E-state index in [9.17, 15) is 10.2 Å². The van der Waals surface area contributed by atoms with Crippen LogP contribution in [0.1, 0.15) is 37.7 Å². The zero-order valence-electron chi connectivity index (χ0n) is 18.0. The second kappa shape index (κ2) is 12.1. The van der Waals surface area contributed by atoms with E-state index in [4.69, 9.17) is 9.47 Å². The molecule has 0 saturated carbocycles. The maximum absolute atomic E-state index is 9.73. The van der Waals surface area contributed by atoms with E-state index >= 15 is 0 Å². The summed E-state index contributed by atoms with van der Waals surface area (Å²) in [4.78, 5) is 2.32. The highest BCUT2D eigenvalue weighted by molar-refractivity contribution is 5.65. The quantitative estimate of drug-likeness (QED) is 0.548. The largest absolute Gasteiger partial charge is 0.497 e. The van der Waals surface area contributed by atoms with Crippen molar-refractivity contribution in [3.63, 3.8) is 0 Å². The van der Waals surface area contributed by atoms with Crippen LogP contribution in [-0.2, 0) is 11.3 Å². The van der Waals surface area contributed by atoms with Crippen LogP contribution in [0, 0.1) is 0 Å². The van der Waals surface area contributed by atoms with Crippen LogP contribution in [0.3, 0.4) is 0 Å². The fourth-order valence-electron chi connectivity index (χ4n) is 4.04. The Morgan fingerprint density at radius 3 is 2.63 bits per heavy atom. The first kappa shape index (κ1) is 22.8. The summed E-state index contributed by atoms with van der Waals surface area (Å²) >= 11 is 0. The highest BCUT2D eigenvalue weighted by Crippen LogP contribution is 2.24. The fraction of sp³-hybridized carbons (Fsp3) is 0.520. The minimum Gasteiger partial charge on any atom is -0.497 e. The van der Waals surface area contributed by atoms with Gasteiger partial charge in [-0.3, -0.25) is 4.90 Å². The third-order valence-electron chi connectivity index (χ3n) is 5.88. The molecule has 5 nitrogen and oxygen atoms in total. The molecule has 1 fully saturated rings. The molecule has 2 atom stereocenters. The number of piperidine rings is 1. The number of methoxy groups -OCH3 is 1. The minimum atomic E-state index is -0.253. The van der Waals surface area contributed by atoms with Gasteiger partial charge in [-0.15, -0.1) is 0 Å². The number of aliphatic hydroxyl groups excluding tert-OH is 2. The Balaban J connectivity index is 1.31. The first-order valence-corrected chi connectivity index (χ1v) is 11.0. The Morgan fingerprint density at radius 1 is 1.03 bits per heavy atom. The van der Waals surface area contributed by atoms with Gasteiger partial charge >= 0.3 is 0 Å². The summed E-state index contributed by atoms with van der Waals surface area (Å²) in [7, 11) is 1.68. The molecule has 164 valence electrons. The highest BCUT2D eigenvalue weighted by Gasteiger charge is 2.26. The van der Waals surface area contributed by atoms with Crippen LogP contribution < -0.4 is 4.74 Å². The van der Waals surface area contributed by atoms with Crippen LogP contribution >= 0.6 is 0 Å². The highest BCUT2D eigenvalue weighted by atomic mass is 16.5. The Kier molecular flexibility index (Phi) is 9.15. The van der Waals surface area contributed by atoms with Crippen molar-refractivity contribution in [3.8, 4) is 16.9 Å². The van der Waals surface area contributed by atoms with Gasteiger partial charge in [-0.1, -0.05) is 36.4 Å². The van der Waals surface area contributed by atoms with Crippen molar-refractivity contribution in [2.24, 2.45) is 0 Å². The number of likely N-dealkylation sites (tertiary alicyclic amines) is 1. The summed E-state index contributed by atoms with van der Waals surface area (Å²) in [6.07, 6.45) is 4.52. The Hall–Kier alpha value is -1.92. The molecule has 0 radical (unpaired) electrons. The molecule has 1 saturated heterocycles. The lowest BCUT2D eigenvalue weighted by Crippen LogP contribution is -2.46. The summed E-state index contributed by atoms with van der Waals surface area (Å²) in [5.74, 6) is 0.865. The topological polar surface area (TPSA) is 62.2 Å². The van der Waals surface area contributed by atoms with Crippen LogP contribution in [0.4, 0.5) is 0 Å². The van der Waals surface area contributed by atoms with E-state index in [1.165, 1.54) is 11.1 Å². The molecule has 2 N–H and O–H groups in total. The number of ether oxygens (including phenoxy) is 2. The summed E-state index contributed by atoms with van der Waals surface area (Å²) in [6.45, 7) is 3.41. The number of nitrogens with zero attached hydrogens (tertiary/aromatic N) is 1. The van der Waals surface area contributed by atoms with Crippen molar-refractivity contribution in [1.29, 1.82) is 0 Å². The van der Waals surface area contributed by atoms with Crippen molar-refractivity contribution in [1.82, 2.24) is 4.90 Å². The zero-order valence-corrected chi connectivity index (χ0v) is 18.0. The second-order valence-corrected chi connectivity index (χ2v) is 8.09. The maximum atomic E-state index is 9.73. The molecule has 0 aromatic heterocycles. The first-order chi connectivity index (χ1) is 14.7. The van der Waals surface area contributed by atoms with Gasteiger partial charge in [0.05, 0.1) is 26.4 Å². The molecule has 1 aliphatic heterocycles. The number of benzene rings is 2. The Bertz CT molecular complexity index is 749. The van der Waals surface area contributed by atoms with Gasteiger partial charge in [-0.2, -0.15) is 0 Å². The van der Waals surface area contributed by atoms with E-state index < -0.39 is 0 Å². The second-order valence-electron chi connectivity index (χ2n) is 8.09. The van der Waals surface area contributed by atoms with Crippen LogP contribution in [0.15, 0.2) is 48.5 Å². The molecular formula is C25H35NO4. The van der Waals surface area contributed by atoms with Crippen molar-refractivity contribution in [2.45, 2.75) is 50.9 Å². The van der Waals surface area contributed by atoms with Crippen molar-refractivity contribution in [3.05, 3.63) is 54.1 Å². The maximum Gasteiger partial charge on any atom is 0.119 e. The van der Waals surface area contributed by atoms with Crippen molar-refractivity contribution in [2.75, 3.05) is 33.4 Å². The van der Waals surface area contributed by atoms with Gasteiger partial charge in [0.15, 0.2) is 0 Å². The van der Waals surface area contributed by atoms with Crippen molar-refractivity contribution >= 4 is 0 Å². The molecule has 1 aliphatic rings. The minimum absolute atomic E-state index is 0.116. The predicted octanol–water partition coefficient (Wildman–Crippen LogP) is 3.87. The lowest BCUT2D eigenvalue weighted by Gasteiger charge is -2.36. The van der Waals surface area contributed by atoms with E-state index in [0.29, 0.717) is 13.0 Å². The van der Waals surface area contributed by atoms with Crippen LogP contribution in [0.25, 0.3) is 11.1 Å². The van der Waals surface area contributed by atoms with Crippen LogP contribution in [-0.4, -0.2) is 60.7 Å². The molecule has 30 heavy (non-hydrogen) atoms. The molecule has 3 rings (SSSR count). The summed E-state index contributed by atoms with van der Waals surface area (Å²) in [6, 6.07) is 16.7. The standard InChI is InChI=1S/C25H35NO4/c1-29-25-7-5-6-22(16-25)21-10-8-20(9-11-21)19-30-15-4-2-3-13-26-14-12-24(28)17-23(26)18-27/h5-11,16,23-24,27-28H,2-4,12-15,17-19H2,1H3. The monoisotopic (exact) mass is 413 g/mol. The molecular weight excluding hydrogens is 378 g/mol. The van der Waals surface area contributed by atoms with E-state index in [2.05, 4.69) is 35.2 Å². The van der Waals surface area contributed by atoms with Gasteiger partial charge in [0, 0.05) is 19.2 Å². The molecule has 2 aromatic rings. The molecule has 5 heteroatoms. The molecule has 0 amide bonds. The average molecular weight is 414 g/mol. The lowest BCUT2D eigenvalue weighted by molar-refractivity contribution is 0.0160. The molecule has 0 aliphatic carbocycles. The third-order valence-corrected chi connectivity index (χ3v) is 5.88. The molecule has 2 aromatic carbocycles. The summed E-state index contributed by atoms with van der Waals surface area (Å²) < 4.78 is 11.1. The van der Waals surface area contributed by atoms with E-state index in [1.807, 2.05) is 18.2 Å². The summed E-state index contributed by atoms with van der Waals surface area (Å²) in [5, 5.41) is 19.2. The van der Waals surface area contributed by atoms with Crippen LogP contribution in [0.5, 0.6) is 5.75 Å². The number of rotatable bonds is 11. The van der Waals surface area contributed by atoms with E-state index in [-0.39, 0.29) is 18.8 Å². The first-order valence-electron chi connectivity index (χ1n) is 11.0. The van der Waals surface area contributed by atoms with Gasteiger partial charge < -0.3 is 19.7 Å². The Morgan fingerprint density at radius 2 is 1.87 bits per heavy atom. The van der Waals surface area contributed by atoms with Gasteiger partial charge in [0.25, 0.3) is 0 Å². The number of hydrogen-bond acceptors (Lipinski definition) is 5. The molecule has 0 spiro atoms. The SMILES string of the molecule is COc1cccc(-c2ccc(COCCCCCN3CCC(O)CC3CO)cc2)c1. The zero-order chi connectivity index (χ0) is 21.2. The third kappa shape index (κ3) is 6.81. The van der Waals surface area contributed by atoms with Crippen LogP contribution in [0.2, 0.25) is 0 Å². The van der Waals surface area contributed by atoms with Crippen molar-refractivity contribution < 1.29 is 19.7 Å². The van der Waals surface area contributed by atoms with Gasteiger partial charge in [0.1, 0.15) is 5.75 Å². The number of unbranched alkanes of at least 4 members (excludes halogenated alkanes) is 2. The number of aliphatic hydroxyl groups is 2. The number of hydrogen-bond donors (Lipinski definition) is 2. The summed E-state index contributed by atoms with van der Waals surface area (Å²) in [5.41, 5.74) is 3.50.